The lowest BCUT2D eigenvalue weighted by Crippen LogP contribution is -2.38. The maximum absolute atomic E-state index is 4.39. The lowest BCUT2D eigenvalue weighted by Gasteiger charge is -2.34. The maximum Gasteiger partial charge on any atom is 0.184 e. The van der Waals surface area contributed by atoms with E-state index in [-0.39, 0.29) is 5.54 Å². The summed E-state index contributed by atoms with van der Waals surface area (Å²) < 4.78 is 3.83. The molecule has 0 aliphatic heterocycles. The van der Waals surface area contributed by atoms with E-state index in [2.05, 4.69) is 87.9 Å². The summed E-state index contributed by atoms with van der Waals surface area (Å²) in [7, 11) is 0. The first-order valence-corrected chi connectivity index (χ1v) is 11.5. The van der Waals surface area contributed by atoms with Gasteiger partial charge >= 0.3 is 0 Å². The molecule has 0 saturated heterocycles. The molecule has 0 radical (unpaired) electrons. The van der Waals surface area contributed by atoms with Gasteiger partial charge in [-0.25, -0.2) is 4.68 Å². The summed E-state index contributed by atoms with van der Waals surface area (Å²) in [5.41, 5.74) is 4.02. The van der Waals surface area contributed by atoms with E-state index in [1.807, 2.05) is 9.20 Å². The quantitative estimate of drug-likeness (QED) is 0.474. The average Bonchev–Trinajstić information content (AvgIpc) is 3.43. The Balaban J connectivity index is 1.55. The molecule has 0 atom stereocenters. The third-order valence-corrected chi connectivity index (χ3v) is 6.55. The largest absolute Gasteiger partial charge is 0.288 e. The van der Waals surface area contributed by atoms with Crippen LogP contribution in [0.3, 0.4) is 0 Å². The molecule has 9 nitrogen and oxygen atoms in total. The molecule has 1 aliphatic carbocycles. The van der Waals surface area contributed by atoms with Crippen molar-refractivity contribution in [1.29, 1.82) is 0 Å². The Kier molecular flexibility index (Phi) is 5.36. The lowest BCUT2D eigenvalue weighted by molar-refractivity contribution is 0.131. The molecule has 1 aromatic carbocycles. The van der Waals surface area contributed by atoms with Crippen LogP contribution in [0.4, 0.5) is 0 Å². The van der Waals surface area contributed by atoms with Gasteiger partial charge in [-0.1, -0.05) is 37.5 Å². The van der Waals surface area contributed by atoms with E-state index in [1.165, 1.54) is 37.7 Å². The number of nitrogens with zero attached hydrogens (tertiary/aromatic N) is 9. The van der Waals surface area contributed by atoms with Crippen LogP contribution in [-0.4, -0.2) is 51.2 Å². The number of para-hydroxylation sites is 1. The van der Waals surface area contributed by atoms with Crippen LogP contribution in [0.1, 0.15) is 69.8 Å². The van der Waals surface area contributed by atoms with Gasteiger partial charge in [0.05, 0.1) is 17.6 Å². The normalized spacial score (nSPS) is 15.9. The second kappa shape index (κ2) is 8.20. The fourth-order valence-corrected chi connectivity index (χ4v) is 4.98. The standard InChI is InChI=1S/C23H31N9/c1-16-9-8-10-17-13-18(22-25-27-28-31(22)21(16)17)14-30(19-11-6-5-7-12-19)15-20-24-26-29-32(20)23(2,3)4/h8-10,13,19H,5-7,11-12,14-15H2,1-4H3. The van der Waals surface area contributed by atoms with Crippen LogP contribution in [0, 0.1) is 6.92 Å². The molecule has 0 unspecified atom stereocenters. The molecule has 168 valence electrons. The Morgan fingerprint density at radius 3 is 2.56 bits per heavy atom. The molecule has 0 amide bonds. The fourth-order valence-electron chi connectivity index (χ4n) is 4.98. The number of hydrogen-bond donors (Lipinski definition) is 0. The van der Waals surface area contributed by atoms with E-state index in [9.17, 15) is 0 Å². The van der Waals surface area contributed by atoms with Crippen LogP contribution >= 0.6 is 0 Å². The van der Waals surface area contributed by atoms with Crippen molar-refractivity contribution in [2.45, 2.75) is 84.5 Å². The van der Waals surface area contributed by atoms with E-state index in [1.54, 1.807) is 0 Å². The third-order valence-electron chi connectivity index (χ3n) is 6.55. The van der Waals surface area contributed by atoms with E-state index in [0.717, 1.165) is 34.5 Å². The van der Waals surface area contributed by atoms with Crippen molar-refractivity contribution in [3.05, 3.63) is 41.2 Å². The number of hydrogen-bond acceptors (Lipinski definition) is 7. The van der Waals surface area contributed by atoms with Crippen LogP contribution in [0.15, 0.2) is 24.3 Å². The number of tetrazole rings is 2. The minimum absolute atomic E-state index is 0.165. The van der Waals surface area contributed by atoms with Gasteiger partial charge in [-0.2, -0.15) is 4.52 Å². The number of fused-ring (bicyclic) bond motifs is 3. The lowest BCUT2D eigenvalue weighted by atomic mass is 9.93. The Morgan fingerprint density at radius 1 is 1.00 bits per heavy atom. The highest BCUT2D eigenvalue weighted by atomic mass is 15.6. The van der Waals surface area contributed by atoms with Gasteiger partial charge in [-0.15, -0.1) is 10.2 Å². The highest BCUT2D eigenvalue weighted by Gasteiger charge is 2.27. The first-order valence-electron chi connectivity index (χ1n) is 11.5. The number of rotatable bonds is 5. The van der Waals surface area contributed by atoms with Crippen molar-refractivity contribution in [3.8, 4) is 0 Å². The Bertz CT molecular complexity index is 1230. The topological polar surface area (TPSA) is 89.9 Å². The van der Waals surface area contributed by atoms with E-state index < -0.39 is 0 Å². The zero-order valence-electron chi connectivity index (χ0n) is 19.4. The number of pyridine rings is 1. The monoisotopic (exact) mass is 433 g/mol. The van der Waals surface area contributed by atoms with Gasteiger partial charge in [-0.05, 0) is 73.0 Å². The minimum Gasteiger partial charge on any atom is -0.288 e. The molecule has 5 rings (SSSR count). The molecule has 32 heavy (non-hydrogen) atoms. The van der Waals surface area contributed by atoms with Crippen molar-refractivity contribution < 1.29 is 0 Å². The Labute approximate surface area is 187 Å². The molecule has 3 aromatic heterocycles. The summed E-state index contributed by atoms with van der Waals surface area (Å²) in [4.78, 5) is 2.53. The van der Waals surface area contributed by atoms with Gasteiger partial charge in [0.15, 0.2) is 11.5 Å². The average molecular weight is 434 g/mol. The van der Waals surface area contributed by atoms with Gasteiger partial charge < -0.3 is 0 Å². The third kappa shape index (κ3) is 3.85. The predicted octanol–water partition coefficient (Wildman–Crippen LogP) is 3.66. The fraction of sp³-hybridized carbons (Fsp3) is 0.565. The molecule has 0 spiro atoms. The molecule has 9 heteroatoms. The first kappa shape index (κ1) is 20.9. The number of benzene rings is 1. The minimum atomic E-state index is -0.165. The zero-order chi connectivity index (χ0) is 22.3. The molecular formula is C23H31N9. The Morgan fingerprint density at radius 2 is 1.78 bits per heavy atom. The molecule has 4 aromatic rings. The second-order valence-corrected chi connectivity index (χ2v) is 9.97. The molecule has 1 saturated carbocycles. The van der Waals surface area contributed by atoms with Crippen molar-refractivity contribution in [3.63, 3.8) is 0 Å². The molecule has 1 fully saturated rings. The van der Waals surface area contributed by atoms with Crippen molar-refractivity contribution in [2.75, 3.05) is 0 Å². The van der Waals surface area contributed by atoms with Crippen LogP contribution in [0.25, 0.3) is 16.6 Å². The van der Waals surface area contributed by atoms with E-state index in [4.69, 9.17) is 0 Å². The summed E-state index contributed by atoms with van der Waals surface area (Å²) in [5, 5.41) is 26.5. The number of aromatic nitrogens is 8. The van der Waals surface area contributed by atoms with Crippen molar-refractivity contribution in [2.24, 2.45) is 0 Å². The highest BCUT2D eigenvalue weighted by Crippen LogP contribution is 2.28. The summed E-state index contributed by atoms with van der Waals surface area (Å²) in [6, 6.07) is 9.07. The molecule has 1 aliphatic rings. The zero-order valence-corrected chi connectivity index (χ0v) is 19.4. The predicted molar refractivity (Wildman–Crippen MR) is 122 cm³/mol. The molecule has 0 N–H and O–H groups in total. The van der Waals surface area contributed by atoms with Gasteiger partial charge in [0, 0.05) is 23.5 Å². The molecule has 0 bridgehead atoms. The summed E-state index contributed by atoms with van der Waals surface area (Å²) in [6.07, 6.45) is 6.25. The van der Waals surface area contributed by atoms with E-state index in [0.29, 0.717) is 12.6 Å². The molecule has 3 heterocycles. The summed E-state index contributed by atoms with van der Waals surface area (Å²) in [6.45, 7) is 9.96. The SMILES string of the molecule is Cc1cccc2cc(CN(Cc3nnnn3C(C)(C)C)C3CCCCC3)c3nnnn3c12. The van der Waals surface area contributed by atoms with Gasteiger partial charge in [-0.3, -0.25) is 4.90 Å². The van der Waals surface area contributed by atoms with Crippen LogP contribution in [0.2, 0.25) is 0 Å². The van der Waals surface area contributed by atoms with Gasteiger partial charge in [0.2, 0.25) is 0 Å². The first-order chi connectivity index (χ1) is 15.4. The van der Waals surface area contributed by atoms with Gasteiger partial charge in [0.25, 0.3) is 0 Å². The number of aryl methyl sites for hydroxylation is 1. The maximum atomic E-state index is 4.39. The highest BCUT2D eigenvalue weighted by molar-refractivity contribution is 5.85. The van der Waals surface area contributed by atoms with Crippen LogP contribution < -0.4 is 0 Å². The smallest absolute Gasteiger partial charge is 0.184 e. The van der Waals surface area contributed by atoms with Crippen LogP contribution in [-0.2, 0) is 18.6 Å². The van der Waals surface area contributed by atoms with E-state index >= 15 is 0 Å². The van der Waals surface area contributed by atoms with Gasteiger partial charge in [0.1, 0.15) is 0 Å². The second-order valence-electron chi connectivity index (χ2n) is 9.97. The van der Waals surface area contributed by atoms with Crippen molar-refractivity contribution in [1.82, 2.24) is 45.1 Å². The summed E-state index contributed by atoms with van der Waals surface area (Å²) in [5.74, 6) is 0.898. The summed E-state index contributed by atoms with van der Waals surface area (Å²) >= 11 is 0. The van der Waals surface area contributed by atoms with Crippen molar-refractivity contribution >= 4 is 16.6 Å². The Hall–Kier alpha value is -2.94. The molecular weight excluding hydrogens is 402 g/mol. The van der Waals surface area contributed by atoms with Crippen LogP contribution in [0.5, 0.6) is 0 Å².